The first-order valence-corrected chi connectivity index (χ1v) is 16.4. The van der Waals surface area contributed by atoms with E-state index in [1.54, 1.807) is 18.2 Å². The summed E-state index contributed by atoms with van der Waals surface area (Å²) in [6.07, 6.45) is 1.39. The van der Waals surface area contributed by atoms with E-state index in [2.05, 4.69) is 6.92 Å². The van der Waals surface area contributed by atoms with Gasteiger partial charge in [0.1, 0.15) is 30.3 Å². The lowest BCUT2D eigenvalue weighted by Crippen LogP contribution is -2.42. The summed E-state index contributed by atoms with van der Waals surface area (Å²) < 4.78 is 23.8. The molecule has 48 heavy (non-hydrogen) atoms. The van der Waals surface area contributed by atoms with Gasteiger partial charge in [-0.25, -0.2) is 4.79 Å². The van der Waals surface area contributed by atoms with Gasteiger partial charge in [0.15, 0.2) is 11.5 Å². The van der Waals surface area contributed by atoms with E-state index in [4.69, 9.17) is 18.6 Å². The lowest BCUT2D eigenvalue weighted by Gasteiger charge is -2.27. The van der Waals surface area contributed by atoms with Crippen LogP contribution in [0.5, 0.6) is 5.75 Å². The molecular formula is C40H41NO7. The third kappa shape index (κ3) is 9.58. The van der Waals surface area contributed by atoms with Crippen molar-refractivity contribution in [2.24, 2.45) is 0 Å². The largest absolute Gasteiger partial charge is 0.490 e. The monoisotopic (exact) mass is 647 g/mol. The molecule has 0 N–H and O–H groups in total. The fourth-order valence-electron chi connectivity index (χ4n) is 5.44. The zero-order valence-electron chi connectivity index (χ0n) is 27.4. The van der Waals surface area contributed by atoms with Crippen LogP contribution in [0.4, 0.5) is 4.79 Å². The van der Waals surface area contributed by atoms with Gasteiger partial charge in [-0.05, 0) is 41.7 Å². The minimum Gasteiger partial charge on any atom is -0.490 e. The molecule has 4 aromatic carbocycles. The minimum absolute atomic E-state index is 0.0398. The standard InChI is InChI=1S/C40H41NO7/c1-3-12-29-15-11-16-31(22-29)23-39(43)47-34(26-41(21-4-2)40(44)46-27-30-13-7-5-8-14-30)28-45-33-19-20-35-36(42)25-37(48-38(35)24-33)32-17-9-6-10-18-32/h5-11,13-20,22,24-25,34H,3-4,12,21,23,26-28H2,1-2H3. The maximum Gasteiger partial charge on any atom is 0.410 e. The highest BCUT2D eigenvalue weighted by molar-refractivity contribution is 5.80. The number of hydrogen-bond acceptors (Lipinski definition) is 7. The summed E-state index contributed by atoms with van der Waals surface area (Å²) in [6, 6.07) is 33.2. The van der Waals surface area contributed by atoms with Gasteiger partial charge < -0.3 is 23.5 Å². The van der Waals surface area contributed by atoms with Crippen molar-refractivity contribution in [2.75, 3.05) is 19.7 Å². The summed E-state index contributed by atoms with van der Waals surface area (Å²) in [7, 11) is 0. The Kier molecular flexibility index (Phi) is 12.0. The summed E-state index contributed by atoms with van der Waals surface area (Å²) in [5.74, 6) is 0.450. The van der Waals surface area contributed by atoms with E-state index >= 15 is 0 Å². The second-order valence-corrected chi connectivity index (χ2v) is 11.7. The fourth-order valence-corrected chi connectivity index (χ4v) is 5.44. The molecule has 0 saturated carbocycles. The molecule has 0 aliphatic carbocycles. The van der Waals surface area contributed by atoms with Crippen molar-refractivity contribution in [3.8, 4) is 17.1 Å². The van der Waals surface area contributed by atoms with E-state index in [1.165, 1.54) is 11.0 Å². The number of esters is 1. The Hall–Kier alpha value is -5.37. The Morgan fingerprint density at radius 3 is 2.27 bits per heavy atom. The summed E-state index contributed by atoms with van der Waals surface area (Å²) in [5.41, 5.74) is 3.88. The molecule has 0 bridgehead atoms. The zero-order valence-corrected chi connectivity index (χ0v) is 27.4. The molecule has 0 spiro atoms. The Labute approximate surface area is 280 Å². The molecule has 1 atom stereocenters. The van der Waals surface area contributed by atoms with E-state index in [9.17, 15) is 14.4 Å². The van der Waals surface area contributed by atoms with Gasteiger partial charge in [-0.1, -0.05) is 105 Å². The Balaban J connectivity index is 1.33. The normalized spacial score (nSPS) is 11.5. The van der Waals surface area contributed by atoms with Crippen LogP contribution in [0, 0.1) is 0 Å². The van der Waals surface area contributed by atoms with Crippen molar-refractivity contribution in [3.63, 3.8) is 0 Å². The Morgan fingerprint density at radius 1 is 0.792 bits per heavy atom. The quantitative estimate of drug-likeness (QED) is 0.106. The van der Waals surface area contributed by atoms with Gasteiger partial charge in [0, 0.05) is 24.2 Å². The van der Waals surface area contributed by atoms with Gasteiger partial charge in [0.25, 0.3) is 0 Å². The zero-order chi connectivity index (χ0) is 33.7. The van der Waals surface area contributed by atoms with Crippen LogP contribution in [0.3, 0.4) is 0 Å². The number of amides is 1. The highest BCUT2D eigenvalue weighted by Gasteiger charge is 2.24. The average molecular weight is 648 g/mol. The molecule has 1 heterocycles. The van der Waals surface area contributed by atoms with E-state index in [-0.39, 0.29) is 31.6 Å². The predicted molar refractivity (Wildman–Crippen MR) is 186 cm³/mol. The first-order valence-electron chi connectivity index (χ1n) is 16.4. The molecule has 0 radical (unpaired) electrons. The SMILES string of the molecule is CCCc1cccc(CC(=O)OC(COc2ccc3c(=O)cc(-c4ccccc4)oc3c2)CN(CCC)C(=O)OCc2ccccc2)c1. The lowest BCUT2D eigenvalue weighted by molar-refractivity contribution is -0.150. The summed E-state index contributed by atoms with van der Waals surface area (Å²) >= 11 is 0. The fraction of sp³-hybridized carbons (Fsp3) is 0.275. The molecule has 5 rings (SSSR count). The van der Waals surface area contributed by atoms with Crippen LogP contribution >= 0.6 is 0 Å². The highest BCUT2D eigenvalue weighted by atomic mass is 16.6. The second kappa shape index (κ2) is 17.0. The molecule has 0 fully saturated rings. The van der Waals surface area contributed by atoms with E-state index in [1.807, 2.05) is 91.9 Å². The first kappa shape index (κ1) is 34.0. The molecule has 248 valence electrons. The molecule has 1 amide bonds. The van der Waals surface area contributed by atoms with E-state index in [0.717, 1.165) is 35.1 Å². The third-order valence-corrected chi connectivity index (χ3v) is 7.75. The maximum absolute atomic E-state index is 13.2. The molecule has 0 aliphatic rings. The number of fused-ring (bicyclic) bond motifs is 1. The summed E-state index contributed by atoms with van der Waals surface area (Å²) in [5, 5.41) is 0.422. The molecule has 1 aromatic heterocycles. The third-order valence-electron chi connectivity index (χ3n) is 7.75. The topological polar surface area (TPSA) is 95.3 Å². The van der Waals surface area contributed by atoms with Gasteiger partial charge in [-0.2, -0.15) is 0 Å². The van der Waals surface area contributed by atoms with E-state index < -0.39 is 18.2 Å². The lowest BCUT2D eigenvalue weighted by atomic mass is 10.1. The van der Waals surface area contributed by atoms with Crippen molar-refractivity contribution in [1.82, 2.24) is 4.90 Å². The molecule has 8 nitrogen and oxygen atoms in total. The van der Waals surface area contributed by atoms with Crippen LogP contribution in [0.1, 0.15) is 43.4 Å². The van der Waals surface area contributed by atoms with Crippen molar-refractivity contribution in [1.29, 1.82) is 0 Å². The summed E-state index contributed by atoms with van der Waals surface area (Å²) in [4.78, 5) is 40.8. The van der Waals surface area contributed by atoms with Crippen molar-refractivity contribution < 1.29 is 28.2 Å². The molecular weight excluding hydrogens is 606 g/mol. The predicted octanol–water partition coefficient (Wildman–Crippen LogP) is 7.99. The summed E-state index contributed by atoms with van der Waals surface area (Å²) in [6.45, 7) is 4.65. The highest BCUT2D eigenvalue weighted by Crippen LogP contribution is 2.25. The van der Waals surface area contributed by atoms with Crippen LogP contribution in [-0.4, -0.2) is 42.8 Å². The Bertz CT molecular complexity index is 1850. The van der Waals surface area contributed by atoms with Crippen LogP contribution in [-0.2, 0) is 33.7 Å². The minimum atomic E-state index is -0.800. The van der Waals surface area contributed by atoms with Gasteiger partial charge in [-0.3, -0.25) is 9.59 Å². The number of nitrogens with zero attached hydrogens (tertiary/aromatic N) is 1. The number of aryl methyl sites for hydroxylation is 1. The van der Waals surface area contributed by atoms with Crippen molar-refractivity contribution >= 4 is 23.0 Å². The van der Waals surface area contributed by atoms with Gasteiger partial charge >= 0.3 is 12.1 Å². The number of rotatable bonds is 15. The van der Waals surface area contributed by atoms with Crippen molar-refractivity contribution in [2.45, 2.75) is 52.2 Å². The maximum atomic E-state index is 13.2. The number of benzene rings is 4. The molecule has 0 aliphatic heterocycles. The average Bonchev–Trinajstić information content (AvgIpc) is 3.10. The number of ether oxygens (including phenoxy) is 3. The van der Waals surface area contributed by atoms with E-state index in [0.29, 0.717) is 35.4 Å². The second-order valence-electron chi connectivity index (χ2n) is 11.7. The smallest absolute Gasteiger partial charge is 0.410 e. The Morgan fingerprint density at radius 2 is 1.52 bits per heavy atom. The van der Waals surface area contributed by atoms with Gasteiger partial charge in [0.2, 0.25) is 0 Å². The number of carbonyl (C=O) groups is 2. The first-order chi connectivity index (χ1) is 23.4. The molecule has 0 saturated heterocycles. The number of hydrogen-bond donors (Lipinski definition) is 0. The van der Waals surface area contributed by atoms with Crippen molar-refractivity contribution in [3.05, 3.63) is 136 Å². The van der Waals surface area contributed by atoms with Crippen LogP contribution < -0.4 is 10.2 Å². The number of carbonyl (C=O) groups excluding carboxylic acids is 2. The van der Waals surface area contributed by atoms with Crippen LogP contribution in [0.15, 0.2) is 118 Å². The van der Waals surface area contributed by atoms with Crippen LogP contribution in [0.25, 0.3) is 22.3 Å². The molecule has 5 aromatic rings. The van der Waals surface area contributed by atoms with Crippen LogP contribution in [0.2, 0.25) is 0 Å². The van der Waals surface area contributed by atoms with Gasteiger partial charge in [0.05, 0.1) is 18.4 Å². The molecule has 1 unspecified atom stereocenters. The van der Waals surface area contributed by atoms with Gasteiger partial charge in [-0.15, -0.1) is 0 Å². The molecule has 8 heteroatoms.